The standard InChI is InChI=1S/C18H15ClN2O3/c1-3-24-18(22)15-14(11-7-4-5-9-13(11)23-2)16-12(21-17(15)19)8-6-10-20-16/h4-10H,3H2,1-2H3. The second-order valence-electron chi connectivity index (χ2n) is 4.94. The number of benzene rings is 1. The van der Waals surface area contributed by atoms with Crippen LogP contribution in [-0.4, -0.2) is 29.7 Å². The molecule has 2 heterocycles. The molecule has 0 aliphatic rings. The molecule has 0 fully saturated rings. The number of carbonyl (C=O) groups is 1. The molecule has 0 radical (unpaired) electrons. The fourth-order valence-corrected chi connectivity index (χ4v) is 2.83. The van der Waals surface area contributed by atoms with Crippen molar-refractivity contribution in [2.75, 3.05) is 13.7 Å². The van der Waals surface area contributed by atoms with Gasteiger partial charge in [0.25, 0.3) is 0 Å². The molecule has 1 aromatic carbocycles. The molecule has 3 rings (SSSR count). The van der Waals surface area contributed by atoms with Crippen molar-refractivity contribution in [2.45, 2.75) is 6.92 Å². The van der Waals surface area contributed by atoms with Crippen LogP contribution in [0.5, 0.6) is 5.75 Å². The van der Waals surface area contributed by atoms with Gasteiger partial charge in [0, 0.05) is 17.3 Å². The van der Waals surface area contributed by atoms with Crippen molar-refractivity contribution in [3.63, 3.8) is 0 Å². The summed E-state index contributed by atoms with van der Waals surface area (Å²) in [6.45, 7) is 1.97. The van der Waals surface area contributed by atoms with Gasteiger partial charge in [0.1, 0.15) is 16.5 Å². The summed E-state index contributed by atoms with van der Waals surface area (Å²) >= 11 is 6.30. The Morgan fingerprint density at radius 2 is 2.00 bits per heavy atom. The predicted octanol–water partition coefficient (Wildman–Crippen LogP) is 4.14. The molecule has 0 saturated heterocycles. The van der Waals surface area contributed by atoms with Crippen LogP contribution in [0, 0.1) is 0 Å². The van der Waals surface area contributed by atoms with Gasteiger partial charge in [0.2, 0.25) is 0 Å². The molecule has 0 bridgehead atoms. The predicted molar refractivity (Wildman–Crippen MR) is 92.5 cm³/mol. The first-order valence-corrected chi connectivity index (χ1v) is 7.80. The van der Waals surface area contributed by atoms with Crippen molar-refractivity contribution in [3.8, 4) is 16.9 Å². The SMILES string of the molecule is CCOC(=O)c1c(Cl)nc2cccnc2c1-c1ccccc1OC. The molecule has 5 nitrogen and oxygen atoms in total. The summed E-state index contributed by atoms with van der Waals surface area (Å²) in [4.78, 5) is 21.2. The topological polar surface area (TPSA) is 61.3 Å². The van der Waals surface area contributed by atoms with Crippen LogP contribution in [0.15, 0.2) is 42.6 Å². The Morgan fingerprint density at radius 3 is 2.75 bits per heavy atom. The average Bonchev–Trinajstić information content (AvgIpc) is 2.60. The Morgan fingerprint density at radius 1 is 1.21 bits per heavy atom. The molecule has 0 unspecified atom stereocenters. The minimum atomic E-state index is -0.538. The first kappa shape index (κ1) is 16.2. The van der Waals surface area contributed by atoms with Gasteiger partial charge in [-0.05, 0) is 25.1 Å². The number of aromatic nitrogens is 2. The van der Waals surface area contributed by atoms with Crippen LogP contribution in [-0.2, 0) is 4.74 Å². The second kappa shape index (κ2) is 6.84. The molecular weight excluding hydrogens is 328 g/mol. The fraction of sp³-hybridized carbons (Fsp3) is 0.167. The van der Waals surface area contributed by atoms with E-state index in [0.29, 0.717) is 27.9 Å². The summed E-state index contributed by atoms with van der Waals surface area (Å²) < 4.78 is 10.6. The maximum atomic E-state index is 12.5. The van der Waals surface area contributed by atoms with Crippen molar-refractivity contribution >= 4 is 28.6 Å². The third-order valence-corrected chi connectivity index (χ3v) is 3.83. The zero-order valence-electron chi connectivity index (χ0n) is 13.2. The van der Waals surface area contributed by atoms with E-state index >= 15 is 0 Å². The summed E-state index contributed by atoms with van der Waals surface area (Å²) in [6, 6.07) is 10.9. The maximum Gasteiger partial charge on any atom is 0.341 e. The molecule has 0 N–H and O–H groups in total. The summed E-state index contributed by atoms with van der Waals surface area (Å²) in [6.07, 6.45) is 1.64. The van der Waals surface area contributed by atoms with E-state index in [-0.39, 0.29) is 17.3 Å². The van der Waals surface area contributed by atoms with E-state index in [1.165, 1.54) is 0 Å². The van der Waals surface area contributed by atoms with Gasteiger partial charge < -0.3 is 9.47 Å². The van der Waals surface area contributed by atoms with E-state index in [0.717, 1.165) is 0 Å². The summed E-state index contributed by atoms with van der Waals surface area (Å²) in [5, 5.41) is 0.0786. The first-order valence-electron chi connectivity index (χ1n) is 7.42. The van der Waals surface area contributed by atoms with Crippen LogP contribution in [0.2, 0.25) is 5.15 Å². The molecule has 122 valence electrons. The van der Waals surface area contributed by atoms with Crippen LogP contribution in [0.25, 0.3) is 22.2 Å². The molecule has 0 atom stereocenters. The quantitative estimate of drug-likeness (QED) is 0.527. The minimum Gasteiger partial charge on any atom is -0.496 e. The Labute approximate surface area is 144 Å². The highest BCUT2D eigenvalue weighted by molar-refractivity contribution is 6.34. The van der Waals surface area contributed by atoms with Crippen LogP contribution < -0.4 is 4.74 Å². The number of fused-ring (bicyclic) bond motifs is 1. The highest BCUT2D eigenvalue weighted by Crippen LogP contribution is 2.38. The monoisotopic (exact) mass is 342 g/mol. The van der Waals surface area contributed by atoms with Gasteiger partial charge in [-0.1, -0.05) is 29.8 Å². The van der Waals surface area contributed by atoms with Gasteiger partial charge in [-0.25, -0.2) is 9.78 Å². The number of esters is 1. The Bertz CT molecular complexity index is 912. The largest absolute Gasteiger partial charge is 0.496 e. The molecule has 0 aliphatic heterocycles. The molecule has 2 aromatic heterocycles. The minimum absolute atomic E-state index is 0.0786. The smallest absolute Gasteiger partial charge is 0.341 e. The van der Waals surface area contributed by atoms with Crippen LogP contribution >= 0.6 is 11.6 Å². The Hall–Kier alpha value is -2.66. The zero-order valence-corrected chi connectivity index (χ0v) is 14.0. The number of halogens is 1. The number of carbonyl (C=O) groups excluding carboxylic acids is 1. The van der Waals surface area contributed by atoms with Crippen LogP contribution in [0.3, 0.4) is 0 Å². The van der Waals surface area contributed by atoms with Crippen molar-refractivity contribution in [2.24, 2.45) is 0 Å². The van der Waals surface area contributed by atoms with Crippen LogP contribution in [0.4, 0.5) is 0 Å². The third kappa shape index (κ3) is 2.78. The van der Waals surface area contributed by atoms with E-state index in [9.17, 15) is 4.79 Å². The molecule has 0 amide bonds. The molecule has 0 spiro atoms. The molecule has 6 heteroatoms. The number of para-hydroxylation sites is 1. The lowest BCUT2D eigenvalue weighted by atomic mass is 9.98. The normalized spacial score (nSPS) is 10.6. The van der Waals surface area contributed by atoms with Gasteiger partial charge in [-0.3, -0.25) is 4.98 Å². The lowest BCUT2D eigenvalue weighted by molar-refractivity contribution is 0.0527. The van der Waals surface area contributed by atoms with Crippen molar-refractivity contribution in [3.05, 3.63) is 53.3 Å². The fourth-order valence-electron chi connectivity index (χ4n) is 2.57. The highest BCUT2D eigenvalue weighted by Gasteiger charge is 2.25. The van der Waals surface area contributed by atoms with E-state index in [2.05, 4.69) is 9.97 Å². The van der Waals surface area contributed by atoms with Gasteiger partial charge in [0.15, 0.2) is 0 Å². The van der Waals surface area contributed by atoms with E-state index in [1.807, 2.05) is 24.3 Å². The Balaban J connectivity index is 2.42. The lowest BCUT2D eigenvalue weighted by Crippen LogP contribution is -2.10. The van der Waals surface area contributed by atoms with E-state index in [1.54, 1.807) is 32.4 Å². The first-order chi connectivity index (χ1) is 11.7. The molecule has 3 aromatic rings. The second-order valence-corrected chi connectivity index (χ2v) is 5.30. The summed E-state index contributed by atoms with van der Waals surface area (Å²) in [7, 11) is 1.57. The van der Waals surface area contributed by atoms with Crippen molar-refractivity contribution in [1.29, 1.82) is 0 Å². The van der Waals surface area contributed by atoms with Gasteiger partial charge in [0.05, 0.1) is 24.8 Å². The Kier molecular flexibility index (Phi) is 4.62. The zero-order chi connectivity index (χ0) is 17.1. The van der Waals surface area contributed by atoms with Crippen LogP contribution in [0.1, 0.15) is 17.3 Å². The van der Waals surface area contributed by atoms with E-state index in [4.69, 9.17) is 21.1 Å². The van der Waals surface area contributed by atoms with Crippen molar-refractivity contribution in [1.82, 2.24) is 9.97 Å². The number of hydrogen-bond donors (Lipinski definition) is 0. The molecular formula is C18H15ClN2O3. The van der Waals surface area contributed by atoms with E-state index < -0.39 is 5.97 Å². The van der Waals surface area contributed by atoms with Crippen molar-refractivity contribution < 1.29 is 14.3 Å². The molecule has 0 aliphatic carbocycles. The number of rotatable bonds is 4. The molecule has 0 saturated carbocycles. The number of methoxy groups -OCH3 is 1. The number of hydrogen-bond acceptors (Lipinski definition) is 5. The maximum absolute atomic E-state index is 12.5. The number of nitrogens with zero attached hydrogens (tertiary/aromatic N) is 2. The average molecular weight is 343 g/mol. The third-order valence-electron chi connectivity index (χ3n) is 3.55. The lowest BCUT2D eigenvalue weighted by Gasteiger charge is -2.15. The number of ether oxygens (including phenoxy) is 2. The van der Waals surface area contributed by atoms with Gasteiger partial charge in [-0.2, -0.15) is 0 Å². The van der Waals surface area contributed by atoms with Gasteiger partial charge in [-0.15, -0.1) is 0 Å². The molecule has 24 heavy (non-hydrogen) atoms. The summed E-state index contributed by atoms with van der Waals surface area (Å²) in [5.74, 6) is 0.0701. The summed E-state index contributed by atoms with van der Waals surface area (Å²) in [5.41, 5.74) is 2.61. The van der Waals surface area contributed by atoms with Gasteiger partial charge >= 0.3 is 5.97 Å². The highest BCUT2D eigenvalue weighted by atomic mass is 35.5. The number of pyridine rings is 2.